The van der Waals surface area contributed by atoms with E-state index in [0.717, 1.165) is 12.3 Å². The summed E-state index contributed by atoms with van der Waals surface area (Å²) in [6.45, 7) is 0. The smallest absolute Gasteiger partial charge is 0.0622 e. The number of benzene rings is 8. The molecule has 0 saturated carbocycles. The van der Waals surface area contributed by atoms with Crippen molar-refractivity contribution in [2.24, 2.45) is 0 Å². The van der Waals surface area contributed by atoms with Gasteiger partial charge in [-0.3, -0.25) is 0 Å². The summed E-state index contributed by atoms with van der Waals surface area (Å²) < 4.78 is 0. The van der Waals surface area contributed by atoms with Gasteiger partial charge in [0, 0.05) is 0 Å². The SMILES string of the molecule is [Cl][Cd-2]([Cl])([Cl])[Cl].c1ccc(C[P+](c2ccccc2)(c2ccccc2)c2ccccc2)cc1.c1ccc(C[P+](c2ccccc2)(c2ccccc2)c2ccccc2)cc1. The molecule has 0 aromatic heterocycles. The molecular formula is C50H44CdCl4P2. The van der Waals surface area contributed by atoms with E-state index in [9.17, 15) is 0 Å². The second-order valence-corrected chi connectivity index (χ2v) is 56.5. The van der Waals surface area contributed by atoms with E-state index < -0.39 is 30.8 Å². The van der Waals surface area contributed by atoms with Crippen LogP contribution < -0.4 is 31.8 Å². The Morgan fingerprint density at radius 3 is 0.544 bits per heavy atom. The summed E-state index contributed by atoms with van der Waals surface area (Å²) in [6.07, 6.45) is 2.07. The first-order valence-corrected chi connectivity index (χ1v) is 43.4. The summed E-state index contributed by atoms with van der Waals surface area (Å²) in [5.41, 5.74) is 2.77. The fourth-order valence-corrected chi connectivity index (χ4v) is 15.7. The van der Waals surface area contributed by atoms with Gasteiger partial charge in [-0.05, 0) is 83.9 Å². The quantitative estimate of drug-likeness (QED) is 0.0946. The Labute approximate surface area is 358 Å². The van der Waals surface area contributed by atoms with Gasteiger partial charge in [-0.25, -0.2) is 0 Å². The van der Waals surface area contributed by atoms with E-state index in [4.69, 9.17) is 33.3 Å². The van der Waals surface area contributed by atoms with E-state index in [-0.39, 0.29) is 0 Å². The van der Waals surface area contributed by atoms with Crippen molar-refractivity contribution in [1.82, 2.24) is 0 Å². The second-order valence-electron chi connectivity index (χ2n) is 13.5. The molecule has 8 aromatic carbocycles. The fourth-order valence-electron chi connectivity index (χ4n) is 7.25. The van der Waals surface area contributed by atoms with Crippen LogP contribution in [-0.2, 0) is 28.6 Å². The third kappa shape index (κ3) is 11.9. The van der Waals surface area contributed by atoms with E-state index in [1.165, 1.54) is 43.0 Å². The molecule has 0 fully saturated rings. The summed E-state index contributed by atoms with van der Waals surface area (Å²) in [4.78, 5) is 0. The molecule has 284 valence electrons. The van der Waals surface area contributed by atoms with Crippen molar-refractivity contribution >= 4 is 79.6 Å². The Balaban J connectivity index is 0.000000173. The molecule has 8 rings (SSSR count). The van der Waals surface area contributed by atoms with Gasteiger partial charge in [-0.15, -0.1) is 0 Å². The van der Waals surface area contributed by atoms with E-state index in [1.54, 1.807) is 0 Å². The fraction of sp³-hybridized carbons (Fsp3) is 0.0400. The van der Waals surface area contributed by atoms with Crippen LogP contribution in [0.4, 0.5) is 0 Å². The van der Waals surface area contributed by atoms with Crippen molar-refractivity contribution < 1.29 is 16.3 Å². The molecule has 0 aliphatic carbocycles. The Morgan fingerprint density at radius 1 is 0.246 bits per heavy atom. The number of halogens is 4. The third-order valence-electron chi connectivity index (χ3n) is 9.71. The third-order valence-corrected chi connectivity index (χ3v) is 18.5. The molecular weight excluding hydrogens is 917 g/mol. The molecule has 0 aliphatic rings. The minimum Gasteiger partial charge on any atom is -0.0622 e. The predicted molar refractivity (Wildman–Crippen MR) is 254 cm³/mol. The minimum absolute atomic E-state index is 1.03. The molecule has 0 atom stereocenters. The largest absolute Gasteiger partial charge is 0.116 e. The maximum Gasteiger partial charge on any atom is 0.116 e. The monoisotopic (exact) mass is 960 g/mol. The average molecular weight is 961 g/mol. The molecule has 0 spiro atoms. The van der Waals surface area contributed by atoms with Crippen LogP contribution in [0.2, 0.25) is 0 Å². The molecule has 0 aliphatic heterocycles. The standard InChI is InChI=1S/2C25H22P.Cd.4ClH/c2*1-5-13-22(14-6-1)21-26(23-15-7-2-8-16-23,24-17-9-3-10-18-24)25-19-11-4-12-20-25;;;;;/h2*1-20H,21H2;;4*1H/q2*+1;+2;;;;/p-4. The first-order valence-electron chi connectivity index (χ1n) is 19.0. The molecule has 0 heterocycles. The zero-order valence-corrected chi connectivity index (χ0v) is 40.5. The van der Waals surface area contributed by atoms with Crippen LogP contribution >= 0.6 is 47.8 Å². The number of hydrogen-bond donors (Lipinski definition) is 0. The average Bonchev–Trinajstić information content (AvgIpc) is 3.27. The van der Waals surface area contributed by atoms with Gasteiger partial charge in [0.2, 0.25) is 0 Å². The molecule has 0 unspecified atom stereocenters. The van der Waals surface area contributed by atoms with Crippen molar-refractivity contribution in [3.63, 3.8) is 0 Å². The Morgan fingerprint density at radius 2 is 0.386 bits per heavy atom. The van der Waals surface area contributed by atoms with Gasteiger partial charge in [-0.1, -0.05) is 170 Å². The maximum atomic E-state index is 5.06. The van der Waals surface area contributed by atoms with E-state index in [0.29, 0.717) is 0 Å². The molecule has 0 N–H and O–H groups in total. The molecule has 7 heteroatoms. The summed E-state index contributed by atoms with van der Waals surface area (Å²) in [5.74, 6) is 0. The van der Waals surface area contributed by atoms with Crippen LogP contribution in [0, 0.1) is 0 Å². The van der Waals surface area contributed by atoms with Crippen LogP contribution in [0.25, 0.3) is 0 Å². The Hall–Kier alpha value is -3.30. The summed E-state index contributed by atoms with van der Waals surface area (Å²) in [5, 5.41) is 8.59. The number of hydrogen-bond acceptors (Lipinski definition) is 0. The summed E-state index contributed by atoms with van der Waals surface area (Å²) in [6, 6.07) is 88.1. The zero-order valence-electron chi connectivity index (χ0n) is 31.6. The summed E-state index contributed by atoms with van der Waals surface area (Å²) >= 11 is -3.45. The Bertz CT molecular complexity index is 1950. The van der Waals surface area contributed by atoms with Crippen LogP contribution in [-0.4, -0.2) is 0 Å². The predicted octanol–water partition coefficient (Wildman–Crippen LogP) is 13.1. The van der Waals surface area contributed by atoms with E-state index >= 15 is 0 Å². The molecule has 8 aromatic rings. The van der Waals surface area contributed by atoms with Gasteiger partial charge in [-0.2, -0.15) is 0 Å². The van der Waals surface area contributed by atoms with Crippen molar-refractivity contribution in [1.29, 1.82) is 0 Å². The van der Waals surface area contributed by atoms with Crippen molar-refractivity contribution in [3.8, 4) is 0 Å². The van der Waals surface area contributed by atoms with E-state index in [2.05, 4.69) is 243 Å². The van der Waals surface area contributed by atoms with Crippen LogP contribution in [0.15, 0.2) is 243 Å². The van der Waals surface area contributed by atoms with Crippen molar-refractivity contribution in [2.45, 2.75) is 12.3 Å². The van der Waals surface area contributed by atoms with E-state index in [1.807, 2.05) is 0 Å². The zero-order chi connectivity index (χ0) is 39.8. The summed E-state index contributed by atoms with van der Waals surface area (Å²) in [7, 11) is 16.7. The molecule has 0 nitrogen and oxygen atoms in total. The topological polar surface area (TPSA) is 0 Å². The molecule has 57 heavy (non-hydrogen) atoms. The first-order chi connectivity index (χ1) is 27.8. The van der Waals surface area contributed by atoms with Gasteiger partial charge in [0.15, 0.2) is 0 Å². The van der Waals surface area contributed by atoms with Gasteiger partial charge < -0.3 is 0 Å². The van der Waals surface area contributed by atoms with Crippen LogP contribution in [0.1, 0.15) is 11.1 Å². The molecule has 0 bridgehead atoms. The Kier molecular flexibility index (Phi) is 16.4. The van der Waals surface area contributed by atoms with Gasteiger partial charge in [0.1, 0.15) is 46.4 Å². The second kappa shape index (κ2) is 21.6. The first kappa shape index (κ1) is 43.3. The van der Waals surface area contributed by atoms with Crippen molar-refractivity contribution in [3.05, 3.63) is 254 Å². The molecule has 0 amide bonds. The minimum atomic E-state index is -3.45. The van der Waals surface area contributed by atoms with Gasteiger partial charge in [0.05, 0.1) is 12.3 Å². The van der Waals surface area contributed by atoms with Gasteiger partial charge in [0.25, 0.3) is 0 Å². The molecule has 0 saturated heterocycles. The number of rotatable bonds is 10. The molecule has 0 radical (unpaired) electrons. The van der Waals surface area contributed by atoms with Crippen LogP contribution in [0.3, 0.4) is 0 Å². The maximum absolute atomic E-state index is 5.06. The van der Waals surface area contributed by atoms with Gasteiger partial charge >= 0.3 is 49.5 Å². The normalized spacial score (nSPS) is 11.3. The van der Waals surface area contributed by atoms with Crippen LogP contribution in [0.5, 0.6) is 0 Å². The van der Waals surface area contributed by atoms with Crippen molar-refractivity contribution in [2.75, 3.05) is 0 Å².